The molecule has 0 aromatic rings. The van der Waals surface area contributed by atoms with Gasteiger partial charge in [0.15, 0.2) is 6.10 Å². The van der Waals surface area contributed by atoms with Gasteiger partial charge in [0.1, 0.15) is 43.2 Å². The smallest absolute Gasteiger partial charge is 0.456 e. The maximum Gasteiger partial charge on any atom is 0.472 e. The van der Waals surface area contributed by atoms with Crippen LogP contribution in [-0.4, -0.2) is 103 Å². The van der Waals surface area contributed by atoms with Gasteiger partial charge in [-0.3, -0.25) is 18.4 Å². The lowest BCUT2D eigenvalue weighted by atomic mass is 9.85. The Morgan fingerprint density at radius 2 is 1.02 bits per heavy atom. The predicted octanol–water partition coefficient (Wildman–Crippen LogP) is 2.01. The van der Waals surface area contributed by atoms with Crippen molar-refractivity contribution in [1.29, 1.82) is 0 Å². The summed E-state index contributed by atoms with van der Waals surface area (Å²) in [5, 5.41) is 41.2. The molecule has 7 N–H and O–H groups in total. The molecule has 18 heteroatoms. The highest BCUT2D eigenvalue weighted by Gasteiger charge is 2.54. The second-order valence-corrected chi connectivity index (χ2v) is 15.3. The van der Waals surface area contributed by atoms with Gasteiger partial charge in [-0.2, -0.15) is 0 Å². The predicted molar refractivity (Wildman–Crippen MR) is 208 cm³/mol. The molecular formula is C40H50O16P2. The largest absolute Gasteiger partial charge is 0.472 e. The number of ether oxygens (including phenoxy) is 2. The molecule has 0 aromatic heterocycles. The number of rotatable bonds is 24. The van der Waals surface area contributed by atoms with Crippen molar-refractivity contribution < 1.29 is 76.9 Å². The topological polar surface area (TPSA) is 256 Å². The van der Waals surface area contributed by atoms with Crippen LogP contribution in [0.3, 0.4) is 0 Å². The van der Waals surface area contributed by atoms with Gasteiger partial charge in [-0.1, -0.05) is 84.0 Å². The third kappa shape index (κ3) is 24.6. The first-order chi connectivity index (χ1) is 27.6. The first kappa shape index (κ1) is 51.9. The van der Waals surface area contributed by atoms with Gasteiger partial charge in [0.2, 0.25) is 0 Å². The fourth-order valence-corrected chi connectivity index (χ4v) is 6.74. The summed E-state index contributed by atoms with van der Waals surface area (Å²) in [6, 6.07) is 0. The Balaban J connectivity index is 2.81. The highest BCUT2D eigenvalue weighted by molar-refractivity contribution is 7.47. The fourth-order valence-electron chi connectivity index (χ4n) is 5.20. The van der Waals surface area contributed by atoms with E-state index in [1.807, 2.05) is 5.92 Å². The molecule has 1 aliphatic carbocycles. The Labute approximate surface area is 340 Å². The summed E-state index contributed by atoms with van der Waals surface area (Å²) in [4.78, 5) is 53.3. The summed E-state index contributed by atoms with van der Waals surface area (Å²) < 4.78 is 48.2. The monoisotopic (exact) mass is 848 g/mol. The summed E-state index contributed by atoms with van der Waals surface area (Å²) >= 11 is 0. The van der Waals surface area contributed by atoms with Crippen LogP contribution < -0.4 is 0 Å². The lowest BCUT2D eigenvalue weighted by Crippen LogP contribution is -2.64. The number of phosphoric ester groups is 2. The van der Waals surface area contributed by atoms with E-state index in [4.69, 9.17) is 34.7 Å². The van der Waals surface area contributed by atoms with E-state index in [1.54, 1.807) is 0 Å². The van der Waals surface area contributed by atoms with Crippen molar-refractivity contribution in [3.05, 3.63) is 0 Å². The zero-order valence-electron chi connectivity index (χ0n) is 32.1. The zero-order chi connectivity index (χ0) is 43.2. The summed E-state index contributed by atoms with van der Waals surface area (Å²) in [5.74, 6) is 27.9. The number of unbranched alkanes of at least 4 members (excludes halogenated alkanes) is 12. The first-order valence-corrected chi connectivity index (χ1v) is 21.6. The number of hydrogen-bond donors (Lipinski definition) is 7. The van der Waals surface area contributed by atoms with E-state index >= 15 is 0 Å². The number of hydrogen-bond acceptors (Lipinski definition) is 13. The average Bonchev–Trinajstić information content (AvgIpc) is 3.17. The van der Waals surface area contributed by atoms with Crippen molar-refractivity contribution in [2.75, 3.05) is 13.2 Å². The number of aliphatic hydroxyl groups is 4. The van der Waals surface area contributed by atoms with E-state index < -0.39 is 83.5 Å². The SMILES string of the molecule is C#CC#CC#CC#CC#CC#CC#CC(=O)OC[C@H](COP(=O)(O)OC1C(O)[C@@H](O)C(OP(=O)(O)O)[C@@H](O)[C@H]1O)OC(=O)CCCCCCCCCCCCCCC. The molecule has 1 aliphatic rings. The molecule has 8 atom stereocenters. The molecule has 0 heterocycles. The summed E-state index contributed by atoms with van der Waals surface area (Å²) in [6.45, 7) is 0.532. The van der Waals surface area contributed by atoms with Gasteiger partial charge < -0.3 is 44.6 Å². The minimum atomic E-state index is -5.35. The minimum Gasteiger partial charge on any atom is -0.456 e. The molecule has 58 heavy (non-hydrogen) atoms. The maximum absolute atomic E-state index is 12.8. The molecule has 16 nitrogen and oxygen atoms in total. The first-order valence-electron chi connectivity index (χ1n) is 18.6. The van der Waals surface area contributed by atoms with Crippen molar-refractivity contribution in [3.63, 3.8) is 0 Å². The Hall–Kier alpha value is -4.08. The molecule has 316 valence electrons. The van der Waals surface area contributed by atoms with Crippen molar-refractivity contribution in [1.82, 2.24) is 0 Å². The maximum atomic E-state index is 12.8. The summed E-state index contributed by atoms with van der Waals surface area (Å²) in [7, 11) is -10.7. The van der Waals surface area contributed by atoms with E-state index in [9.17, 15) is 44.0 Å². The van der Waals surface area contributed by atoms with Crippen LogP contribution in [0, 0.1) is 83.4 Å². The van der Waals surface area contributed by atoms with Gasteiger partial charge in [-0.15, -0.1) is 6.42 Å². The number of carbonyl (C=O) groups is 2. The molecule has 0 aliphatic heterocycles. The zero-order valence-corrected chi connectivity index (χ0v) is 33.9. The molecule has 0 aromatic carbocycles. The Bertz CT molecular complexity index is 1820. The van der Waals surface area contributed by atoms with Crippen LogP contribution in [0.2, 0.25) is 0 Å². The van der Waals surface area contributed by atoms with Crippen LogP contribution >= 0.6 is 15.6 Å². The lowest BCUT2D eigenvalue weighted by molar-refractivity contribution is -0.216. The van der Waals surface area contributed by atoms with Crippen LogP contribution in [0.25, 0.3) is 0 Å². The van der Waals surface area contributed by atoms with Gasteiger partial charge in [0.25, 0.3) is 0 Å². The van der Waals surface area contributed by atoms with E-state index in [1.165, 1.54) is 44.9 Å². The Morgan fingerprint density at radius 1 is 0.603 bits per heavy atom. The molecular weight excluding hydrogens is 798 g/mol. The molecule has 1 fully saturated rings. The third-order valence-corrected chi connectivity index (χ3v) is 9.53. The number of terminal acetylenes is 1. The summed E-state index contributed by atoms with van der Waals surface area (Å²) in [6.07, 6.45) is 3.85. The minimum absolute atomic E-state index is 0.0309. The van der Waals surface area contributed by atoms with Crippen molar-refractivity contribution in [3.8, 4) is 83.4 Å². The second kappa shape index (κ2) is 30.0. The van der Waals surface area contributed by atoms with Crippen LogP contribution in [0.15, 0.2) is 0 Å². The number of aliphatic hydroxyl groups excluding tert-OH is 4. The van der Waals surface area contributed by atoms with E-state index in [0.717, 1.165) is 32.1 Å². The van der Waals surface area contributed by atoms with Crippen molar-refractivity contribution >= 4 is 27.6 Å². The van der Waals surface area contributed by atoms with Gasteiger partial charge in [-0.25, -0.2) is 13.9 Å². The van der Waals surface area contributed by atoms with Crippen LogP contribution in [-0.2, 0) is 41.8 Å². The fraction of sp³-hybridized carbons (Fsp3) is 0.600. The van der Waals surface area contributed by atoms with Gasteiger partial charge in [0, 0.05) is 12.3 Å². The molecule has 0 spiro atoms. The number of carbonyl (C=O) groups excluding carboxylic acids is 2. The van der Waals surface area contributed by atoms with E-state index in [0.29, 0.717) is 6.42 Å². The molecule has 0 radical (unpaired) electrons. The normalized spacial score (nSPS) is 20.9. The third-order valence-electron chi connectivity index (χ3n) is 8.03. The van der Waals surface area contributed by atoms with Crippen LogP contribution in [0.5, 0.6) is 0 Å². The molecule has 0 amide bonds. The lowest BCUT2D eigenvalue weighted by Gasteiger charge is -2.43. The van der Waals surface area contributed by atoms with Gasteiger partial charge in [-0.05, 0) is 77.5 Å². The number of phosphoric acid groups is 2. The van der Waals surface area contributed by atoms with E-state index in [2.05, 4.69) is 82.5 Å². The highest BCUT2D eigenvalue weighted by Crippen LogP contribution is 2.48. The molecule has 0 bridgehead atoms. The highest BCUT2D eigenvalue weighted by atomic mass is 31.2. The van der Waals surface area contributed by atoms with E-state index in [-0.39, 0.29) is 6.42 Å². The second-order valence-electron chi connectivity index (χ2n) is 12.7. The van der Waals surface area contributed by atoms with Crippen LogP contribution in [0.1, 0.15) is 96.8 Å². The average molecular weight is 849 g/mol. The quantitative estimate of drug-likeness (QED) is 0.0241. The molecule has 1 saturated carbocycles. The molecule has 0 saturated heterocycles. The standard InChI is InChI=1S/C40H50O16P2/c1-3-5-7-9-11-13-15-17-19-21-23-25-27-29-34(42)54-32(30-52-33(41)28-26-24-22-20-18-16-14-12-10-8-6-4-2)31-53-58(50,51)56-40-37(45)35(43)39(36(44)38(40)46)55-57(47,48)49/h2,32,35-40,43-46H,3,5,7,9,11,13,15,17,19,21,23,25,27,29-31H2,1H3,(H,50,51)(H2,47,48,49)/t32-,35-,36+,37?,38-,39?,40?/m1/s1. The Kier molecular flexibility index (Phi) is 26.9. The summed E-state index contributed by atoms with van der Waals surface area (Å²) in [5.41, 5.74) is 0. The Morgan fingerprint density at radius 3 is 1.47 bits per heavy atom. The van der Waals surface area contributed by atoms with Gasteiger partial charge in [0.05, 0.1) is 6.61 Å². The van der Waals surface area contributed by atoms with Crippen LogP contribution in [0.4, 0.5) is 0 Å². The molecule has 4 unspecified atom stereocenters. The van der Waals surface area contributed by atoms with Gasteiger partial charge >= 0.3 is 27.6 Å². The molecule has 1 rings (SSSR count). The van der Waals surface area contributed by atoms with Crippen molar-refractivity contribution in [2.24, 2.45) is 0 Å². The number of esters is 2. The van der Waals surface area contributed by atoms with Crippen molar-refractivity contribution in [2.45, 2.75) is 140 Å².